The fraction of sp³-hybridized carbons (Fsp3) is 0.308. The van der Waals surface area contributed by atoms with Crippen molar-refractivity contribution in [1.82, 2.24) is 15.1 Å². The molecule has 0 aliphatic carbocycles. The molecule has 1 heterocycles. The zero-order valence-corrected chi connectivity index (χ0v) is 12.5. The van der Waals surface area contributed by atoms with Crippen LogP contribution < -0.4 is 10.0 Å². The molecule has 0 saturated carbocycles. The maximum Gasteiger partial charge on any atom is 0.262 e. The summed E-state index contributed by atoms with van der Waals surface area (Å²) >= 11 is 0. The molecule has 2 aromatic rings. The van der Waals surface area contributed by atoms with E-state index in [-0.39, 0.29) is 10.9 Å². The van der Waals surface area contributed by atoms with Crippen molar-refractivity contribution in [2.75, 3.05) is 11.8 Å². The molecule has 0 saturated heterocycles. The topological polar surface area (TPSA) is 76.0 Å². The first-order chi connectivity index (χ1) is 9.42. The summed E-state index contributed by atoms with van der Waals surface area (Å²) in [5.41, 5.74) is 1.36. The molecule has 1 atom stereocenters. The highest BCUT2D eigenvalue weighted by Crippen LogP contribution is 2.19. The van der Waals surface area contributed by atoms with Gasteiger partial charge in [-0.2, -0.15) is 5.10 Å². The summed E-state index contributed by atoms with van der Waals surface area (Å²) < 4.78 is 28.7. The standard InChI is InChI=1S/C13H18N4O2S/c1-10(14-2)11-5-4-6-13(7-11)20(18,19)16-12-8-15-17(3)9-12/h4-10,14,16H,1-3H3. The van der Waals surface area contributed by atoms with E-state index in [2.05, 4.69) is 15.1 Å². The van der Waals surface area contributed by atoms with E-state index >= 15 is 0 Å². The molecular formula is C13H18N4O2S. The van der Waals surface area contributed by atoms with E-state index in [9.17, 15) is 8.42 Å². The quantitative estimate of drug-likeness (QED) is 0.876. The first kappa shape index (κ1) is 14.5. The molecule has 0 aliphatic heterocycles. The third kappa shape index (κ3) is 3.17. The lowest BCUT2D eigenvalue weighted by atomic mass is 10.1. The van der Waals surface area contributed by atoms with Crippen LogP contribution in [0.4, 0.5) is 5.69 Å². The van der Waals surface area contributed by atoms with Crippen molar-refractivity contribution < 1.29 is 8.42 Å². The Kier molecular flexibility index (Phi) is 4.10. The Hall–Kier alpha value is -1.86. The van der Waals surface area contributed by atoms with Crippen molar-refractivity contribution in [2.24, 2.45) is 7.05 Å². The monoisotopic (exact) mass is 294 g/mol. The van der Waals surface area contributed by atoms with Crippen molar-refractivity contribution in [1.29, 1.82) is 0 Å². The molecule has 0 spiro atoms. The number of sulfonamides is 1. The molecule has 0 radical (unpaired) electrons. The summed E-state index contributed by atoms with van der Waals surface area (Å²) in [7, 11) is -0.0331. The molecule has 0 bridgehead atoms. The van der Waals surface area contributed by atoms with Gasteiger partial charge in [0, 0.05) is 19.3 Å². The summed E-state index contributed by atoms with van der Waals surface area (Å²) in [4.78, 5) is 0.237. The summed E-state index contributed by atoms with van der Waals surface area (Å²) in [6, 6.07) is 6.96. The molecule has 1 aromatic heterocycles. The highest BCUT2D eigenvalue weighted by Gasteiger charge is 2.16. The molecule has 1 unspecified atom stereocenters. The average Bonchev–Trinajstić information content (AvgIpc) is 2.82. The number of hydrogen-bond acceptors (Lipinski definition) is 4. The van der Waals surface area contributed by atoms with Crippen LogP contribution in [0.2, 0.25) is 0 Å². The molecule has 108 valence electrons. The van der Waals surface area contributed by atoms with Gasteiger partial charge in [-0.3, -0.25) is 9.40 Å². The second-order valence-corrected chi connectivity index (χ2v) is 6.27. The van der Waals surface area contributed by atoms with Gasteiger partial charge in [-0.1, -0.05) is 12.1 Å². The smallest absolute Gasteiger partial charge is 0.262 e. The minimum Gasteiger partial charge on any atom is -0.313 e. The Morgan fingerprint density at radius 2 is 2.10 bits per heavy atom. The average molecular weight is 294 g/mol. The van der Waals surface area contributed by atoms with E-state index in [0.717, 1.165) is 5.56 Å². The number of anilines is 1. The lowest BCUT2D eigenvalue weighted by Gasteiger charge is -2.12. The molecule has 6 nitrogen and oxygen atoms in total. The Bertz CT molecular complexity index is 694. The molecular weight excluding hydrogens is 276 g/mol. The number of rotatable bonds is 5. The fourth-order valence-corrected chi connectivity index (χ4v) is 2.89. The highest BCUT2D eigenvalue weighted by molar-refractivity contribution is 7.92. The lowest BCUT2D eigenvalue weighted by molar-refractivity contribution is 0.600. The van der Waals surface area contributed by atoms with Gasteiger partial charge < -0.3 is 5.32 Å². The predicted molar refractivity (Wildman–Crippen MR) is 77.9 cm³/mol. The Morgan fingerprint density at radius 1 is 1.35 bits per heavy atom. The summed E-state index contributed by atoms with van der Waals surface area (Å²) in [5, 5.41) is 7.02. The van der Waals surface area contributed by atoms with Crippen molar-refractivity contribution in [3.63, 3.8) is 0 Å². The Labute approximate surface area is 118 Å². The number of aryl methyl sites for hydroxylation is 1. The third-order valence-electron chi connectivity index (χ3n) is 3.06. The van der Waals surface area contributed by atoms with Gasteiger partial charge in [0.05, 0.1) is 16.8 Å². The van der Waals surface area contributed by atoms with Crippen molar-refractivity contribution in [3.05, 3.63) is 42.2 Å². The van der Waals surface area contributed by atoms with Crippen LogP contribution in [0.25, 0.3) is 0 Å². The molecule has 2 N–H and O–H groups in total. The van der Waals surface area contributed by atoms with Crippen molar-refractivity contribution in [2.45, 2.75) is 17.9 Å². The maximum atomic E-state index is 12.3. The van der Waals surface area contributed by atoms with Crippen LogP contribution in [0.15, 0.2) is 41.6 Å². The van der Waals surface area contributed by atoms with Gasteiger partial charge in [-0.05, 0) is 31.7 Å². The van der Waals surface area contributed by atoms with Gasteiger partial charge in [0.2, 0.25) is 0 Å². The number of aromatic nitrogens is 2. The second-order valence-electron chi connectivity index (χ2n) is 4.59. The van der Waals surface area contributed by atoms with Crippen LogP contribution in [0, 0.1) is 0 Å². The van der Waals surface area contributed by atoms with E-state index in [1.807, 2.05) is 20.0 Å². The largest absolute Gasteiger partial charge is 0.313 e. The van der Waals surface area contributed by atoms with Gasteiger partial charge in [0.1, 0.15) is 0 Å². The third-order valence-corrected chi connectivity index (χ3v) is 4.44. The van der Waals surface area contributed by atoms with E-state index in [0.29, 0.717) is 5.69 Å². The lowest BCUT2D eigenvalue weighted by Crippen LogP contribution is -2.15. The Balaban J connectivity index is 2.29. The Morgan fingerprint density at radius 3 is 2.70 bits per heavy atom. The predicted octanol–water partition coefficient (Wildman–Crippen LogP) is 1.50. The fourth-order valence-electron chi connectivity index (χ4n) is 1.81. The summed E-state index contributed by atoms with van der Waals surface area (Å²) in [6.07, 6.45) is 3.08. The second kappa shape index (κ2) is 5.64. The normalized spacial score (nSPS) is 13.2. The van der Waals surface area contributed by atoms with E-state index in [1.54, 1.807) is 31.4 Å². The number of nitrogens with one attached hydrogen (secondary N) is 2. The molecule has 0 fully saturated rings. The molecule has 20 heavy (non-hydrogen) atoms. The van der Waals surface area contributed by atoms with Crippen molar-refractivity contribution >= 4 is 15.7 Å². The van der Waals surface area contributed by atoms with Crippen LogP contribution in [-0.4, -0.2) is 25.2 Å². The molecule has 0 amide bonds. The SMILES string of the molecule is CNC(C)c1cccc(S(=O)(=O)Nc2cnn(C)c2)c1. The first-order valence-corrected chi connectivity index (χ1v) is 7.69. The maximum absolute atomic E-state index is 12.3. The van der Waals surface area contributed by atoms with E-state index < -0.39 is 10.0 Å². The van der Waals surface area contributed by atoms with Gasteiger partial charge >= 0.3 is 0 Å². The van der Waals surface area contributed by atoms with Crippen LogP contribution in [0.3, 0.4) is 0 Å². The van der Waals surface area contributed by atoms with Crippen molar-refractivity contribution in [3.8, 4) is 0 Å². The van der Waals surface area contributed by atoms with E-state index in [1.165, 1.54) is 10.9 Å². The van der Waals surface area contributed by atoms with Crippen LogP contribution in [0.5, 0.6) is 0 Å². The zero-order chi connectivity index (χ0) is 14.8. The molecule has 0 aliphatic rings. The molecule has 2 rings (SSSR count). The molecule has 1 aromatic carbocycles. The minimum absolute atomic E-state index is 0.0866. The van der Waals surface area contributed by atoms with E-state index in [4.69, 9.17) is 0 Å². The van der Waals surface area contributed by atoms with Gasteiger partial charge in [0.15, 0.2) is 0 Å². The molecule has 7 heteroatoms. The number of benzene rings is 1. The number of nitrogens with zero attached hydrogens (tertiary/aromatic N) is 2. The number of hydrogen-bond donors (Lipinski definition) is 2. The van der Waals surface area contributed by atoms with Gasteiger partial charge in [0.25, 0.3) is 10.0 Å². The van der Waals surface area contributed by atoms with Crippen LogP contribution in [0.1, 0.15) is 18.5 Å². The summed E-state index contributed by atoms with van der Waals surface area (Å²) in [5.74, 6) is 0. The van der Waals surface area contributed by atoms with Crippen LogP contribution >= 0.6 is 0 Å². The first-order valence-electron chi connectivity index (χ1n) is 6.21. The zero-order valence-electron chi connectivity index (χ0n) is 11.7. The van der Waals surface area contributed by atoms with Gasteiger partial charge in [-0.25, -0.2) is 8.42 Å². The minimum atomic E-state index is -3.60. The summed E-state index contributed by atoms with van der Waals surface area (Å²) in [6.45, 7) is 1.97. The van der Waals surface area contributed by atoms with Gasteiger partial charge in [-0.15, -0.1) is 0 Å². The van der Waals surface area contributed by atoms with Crippen LogP contribution in [-0.2, 0) is 17.1 Å². The highest BCUT2D eigenvalue weighted by atomic mass is 32.2.